The predicted molar refractivity (Wildman–Crippen MR) is 376 cm³/mol. The Kier molecular flexibility index (Phi) is 70.4. The minimum absolute atomic E-state index is 0.0535. The van der Waals surface area contributed by atoms with E-state index in [0.29, 0.717) is 6.42 Å². The van der Waals surface area contributed by atoms with E-state index in [2.05, 4.69) is 86.8 Å². The fourth-order valence-corrected chi connectivity index (χ4v) is 11.8. The van der Waals surface area contributed by atoms with Crippen molar-refractivity contribution in [1.82, 2.24) is 0 Å². The molecule has 0 radical (unpaired) electrons. The molecule has 508 valence electrons. The fourth-order valence-electron chi connectivity index (χ4n) is 11.0. The van der Waals surface area contributed by atoms with E-state index in [1.165, 1.54) is 283 Å². The molecule has 0 aromatic heterocycles. The zero-order chi connectivity index (χ0) is 63.0. The third-order valence-corrected chi connectivity index (χ3v) is 17.5. The van der Waals surface area contributed by atoms with Crippen LogP contribution >= 0.6 is 7.82 Å². The Bertz CT molecular complexity index is 1660. The summed E-state index contributed by atoms with van der Waals surface area (Å²) in [4.78, 5) is 35.4. The van der Waals surface area contributed by atoms with E-state index in [4.69, 9.17) is 24.3 Å². The molecule has 0 aromatic carbocycles. The minimum Gasteiger partial charge on any atom is -0.462 e. The number of carbonyl (C=O) groups excluding carboxylic acids is 2. The Labute approximate surface area is 539 Å². The number of hydrogen-bond acceptors (Lipinski definition) is 8. The lowest BCUT2D eigenvalue weighted by molar-refractivity contribution is -0.161. The molecular formula is C77H142NO8P. The van der Waals surface area contributed by atoms with E-state index in [9.17, 15) is 19.0 Å². The highest BCUT2D eigenvalue weighted by atomic mass is 31.2. The SMILES string of the molecule is CCCCCCC/C=C\C/C=C\C/C=C\CCCCCCCCCCCCCCCCCCCCCCCCC(=O)OC(COC(=O)CCCCCCCCCCCCCCCC/C=C\C/C=C\C/C=C\CCCCCCC)COP(=O)(O)OCCN. The monoisotopic (exact) mass is 1240 g/mol. The average molecular weight is 1240 g/mol. The predicted octanol–water partition coefficient (Wildman–Crippen LogP) is 24.8. The molecule has 0 aromatic rings. The van der Waals surface area contributed by atoms with Gasteiger partial charge < -0.3 is 20.1 Å². The molecule has 0 aliphatic rings. The van der Waals surface area contributed by atoms with E-state index in [1.807, 2.05) is 0 Å². The highest BCUT2D eigenvalue weighted by molar-refractivity contribution is 7.47. The molecule has 10 heteroatoms. The van der Waals surface area contributed by atoms with Gasteiger partial charge >= 0.3 is 19.8 Å². The van der Waals surface area contributed by atoms with Gasteiger partial charge in [-0.05, 0) is 89.9 Å². The largest absolute Gasteiger partial charge is 0.472 e. The van der Waals surface area contributed by atoms with E-state index in [0.717, 1.165) is 57.8 Å². The third-order valence-electron chi connectivity index (χ3n) is 16.6. The van der Waals surface area contributed by atoms with Gasteiger partial charge in [-0.15, -0.1) is 0 Å². The first kappa shape index (κ1) is 84.5. The van der Waals surface area contributed by atoms with Crippen molar-refractivity contribution in [2.24, 2.45) is 5.73 Å². The highest BCUT2D eigenvalue weighted by Gasteiger charge is 2.26. The molecule has 0 spiro atoms. The maximum atomic E-state index is 12.8. The molecule has 0 heterocycles. The summed E-state index contributed by atoms with van der Waals surface area (Å²) in [6.07, 6.45) is 95.9. The number of phosphoric ester groups is 1. The molecule has 2 unspecified atom stereocenters. The van der Waals surface area contributed by atoms with E-state index >= 15 is 0 Å². The minimum atomic E-state index is -4.40. The smallest absolute Gasteiger partial charge is 0.462 e. The van der Waals surface area contributed by atoms with Crippen LogP contribution in [-0.4, -0.2) is 49.3 Å². The van der Waals surface area contributed by atoms with Gasteiger partial charge in [0.15, 0.2) is 6.10 Å². The first-order chi connectivity index (χ1) is 42.8. The summed E-state index contributed by atoms with van der Waals surface area (Å²) in [5.41, 5.74) is 5.41. The molecule has 0 aliphatic heterocycles. The molecule has 9 nitrogen and oxygen atoms in total. The van der Waals surface area contributed by atoms with Crippen molar-refractivity contribution in [3.63, 3.8) is 0 Å². The lowest BCUT2D eigenvalue weighted by Gasteiger charge is -2.19. The Hall–Kier alpha value is -2.55. The Morgan fingerprint density at radius 1 is 0.345 bits per heavy atom. The van der Waals surface area contributed by atoms with Crippen LogP contribution in [0.5, 0.6) is 0 Å². The van der Waals surface area contributed by atoms with E-state index in [-0.39, 0.29) is 38.6 Å². The normalized spacial score (nSPS) is 13.3. The van der Waals surface area contributed by atoms with Gasteiger partial charge in [-0.3, -0.25) is 18.6 Å². The summed E-state index contributed by atoms with van der Waals surface area (Å²) in [5.74, 6) is -0.812. The number of allylic oxidation sites excluding steroid dienone is 12. The van der Waals surface area contributed by atoms with Crippen LogP contribution in [0.2, 0.25) is 0 Å². The highest BCUT2D eigenvalue weighted by Crippen LogP contribution is 2.43. The summed E-state index contributed by atoms with van der Waals surface area (Å²) in [6, 6.07) is 0. The topological polar surface area (TPSA) is 134 Å². The second kappa shape index (κ2) is 72.5. The molecule has 87 heavy (non-hydrogen) atoms. The lowest BCUT2D eigenvalue weighted by Crippen LogP contribution is -2.29. The summed E-state index contributed by atoms with van der Waals surface area (Å²) >= 11 is 0. The van der Waals surface area contributed by atoms with Gasteiger partial charge in [0.25, 0.3) is 0 Å². The number of carbonyl (C=O) groups is 2. The Balaban J connectivity index is 3.81. The van der Waals surface area contributed by atoms with Gasteiger partial charge in [0.05, 0.1) is 13.2 Å². The zero-order valence-electron chi connectivity index (χ0n) is 57.3. The summed E-state index contributed by atoms with van der Waals surface area (Å²) < 4.78 is 33.2. The van der Waals surface area contributed by atoms with Gasteiger partial charge in [-0.25, -0.2) is 4.57 Å². The molecule has 0 aliphatic carbocycles. The fraction of sp³-hybridized carbons (Fsp3) is 0.818. The quantitative estimate of drug-likeness (QED) is 0.0264. The lowest BCUT2D eigenvalue weighted by atomic mass is 10.0. The van der Waals surface area contributed by atoms with Crippen LogP contribution in [0.15, 0.2) is 72.9 Å². The Morgan fingerprint density at radius 3 is 0.885 bits per heavy atom. The molecule has 0 amide bonds. The van der Waals surface area contributed by atoms with Crippen LogP contribution in [0, 0.1) is 0 Å². The summed E-state index contributed by atoms with van der Waals surface area (Å²) in [7, 11) is -4.40. The molecule has 0 saturated carbocycles. The van der Waals surface area contributed by atoms with Crippen LogP contribution in [0.25, 0.3) is 0 Å². The van der Waals surface area contributed by atoms with Crippen LogP contribution in [-0.2, 0) is 32.7 Å². The van der Waals surface area contributed by atoms with Crippen molar-refractivity contribution in [2.75, 3.05) is 26.4 Å². The van der Waals surface area contributed by atoms with Gasteiger partial charge in [-0.1, -0.05) is 344 Å². The zero-order valence-corrected chi connectivity index (χ0v) is 58.2. The Morgan fingerprint density at radius 2 is 0.598 bits per heavy atom. The van der Waals surface area contributed by atoms with Crippen LogP contribution in [0.1, 0.15) is 373 Å². The summed E-state index contributed by atoms with van der Waals surface area (Å²) in [6.45, 7) is 3.78. The van der Waals surface area contributed by atoms with Crippen molar-refractivity contribution >= 4 is 19.8 Å². The van der Waals surface area contributed by atoms with Gasteiger partial charge in [-0.2, -0.15) is 0 Å². The van der Waals surface area contributed by atoms with Crippen molar-refractivity contribution in [3.8, 4) is 0 Å². The molecule has 2 atom stereocenters. The van der Waals surface area contributed by atoms with Crippen molar-refractivity contribution < 1.29 is 37.6 Å². The maximum absolute atomic E-state index is 12.8. The van der Waals surface area contributed by atoms with Crippen molar-refractivity contribution in [3.05, 3.63) is 72.9 Å². The number of rotatable bonds is 71. The second-order valence-corrected chi connectivity index (χ2v) is 26.6. The molecule has 0 bridgehead atoms. The molecule has 0 saturated heterocycles. The van der Waals surface area contributed by atoms with E-state index in [1.54, 1.807) is 0 Å². The van der Waals surface area contributed by atoms with Crippen LogP contribution < -0.4 is 5.73 Å². The van der Waals surface area contributed by atoms with E-state index < -0.39 is 26.5 Å². The second-order valence-electron chi connectivity index (χ2n) is 25.2. The first-order valence-corrected chi connectivity index (χ1v) is 38.9. The first-order valence-electron chi connectivity index (χ1n) is 37.4. The standard InChI is InChI=1S/C77H142NO8P/c1-3-5-7-9-11-13-15-17-19-21-23-25-27-29-31-33-34-35-36-37-38-39-40-42-44-46-48-50-52-54-56-58-60-62-64-66-68-70-77(80)86-75(74-85-87(81,82)84-72-71-78)73-83-76(79)69-67-65-63-61-59-57-55-53-51-49-47-45-43-41-32-30-28-26-24-22-20-18-16-14-12-10-8-6-4-2/h15-18,21-24,27-30,75H,3-14,19-20,25-26,31-74,78H2,1-2H3,(H,81,82)/b17-15-,18-16-,23-21-,24-22-,29-27-,30-28-. The van der Waals surface area contributed by atoms with Crippen molar-refractivity contribution in [2.45, 2.75) is 380 Å². The summed E-state index contributed by atoms with van der Waals surface area (Å²) in [5, 5.41) is 0. The van der Waals surface area contributed by atoms with Crippen LogP contribution in [0.3, 0.4) is 0 Å². The number of ether oxygens (including phenoxy) is 2. The number of nitrogens with two attached hydrogens (primary N) is 1. The van der Waals surface area contributed by atoms with Crippen molar-refractivity contribution in [1.29, 1.82) is 0 Å². The molecule has 0 rings (SSSR count). The molecule has 0 fully saturated rings. The third kappa shape index (κ3) is 72.4. The number of hydrogen-bond donors (Lipinski definition) is 2. The molecular weight excluding hydrogens is 1100 g/mol. The van der Waals surface area contributed by atoms with Crippen LogP contribution in [0.4, 0.5) is 0 Å². The van der Waals surface area contributed by atoms with Gasteiger partial charge in [0.1, 0.15) is 6.61 Å². The maximum Gasteiger partial charge on any atom is 0.472 e. The number of esters is 2. The van der Waals surface area contributed by atoms with Gasteiger partial charge in [0, 0.05) is 19.4 Å². The average Bonchev–Trinajstić information content (AvgIpc) is 3.65. The molecule has 3 N–H and O–H groups in total. The number of unbranched alkanes of at least 4 members (excludes halogenated alkanes) is 46. The number of phosphoric acid groups is 1. The van der Waals surface area contributed by atoms with Gasteiger partial charge in [0.2, 0.25) is 0 Å².